The largest absolute Gasteiger partial charge is 0.478 e. The van der Waals surface area contributed by atoms with Gasteiger partial charge < -0.3 is 5.11 Å². The monoisotopic (exact) mass is 383 g/mol. The molecule has 0 aliphatic carbocycles. The third-order valence-corrected chi connectivity index (χ3v) is 4.80. The van der Waals surface area contributed by atoms with E-state index in [4.69, 9.17) is 5.11 Å². The van der Waals surface area contributed by atoms with E-state index in [1.54, 1.807) is 37.4 Å². The number of carbonyl (C=O) groups excluding carboxylic acids is 1. The van der Waals surface area contributed by atoms with Crippen molar-refractivity contribution in [1.82, 2.24) is 4.90 Å². The molecule has 1 saturated heterocycles. The number of non-ortho nitro benzene ring substituents is 1. The molecule has 1 heterocycles. The summed E-state index contributed by atoms with van der Waals surface area (Å²) in [5.41, 5.74) is 1.32. The first-order valence-corrected chi connectivity index (χ1v) is 8.51. The van der Waals surface area contributed by atoms with Crippen LogP contribution < -0.4 is 0 Å². The van der Waals surface area contributed by atoms with Crippen molar-refractivity contribution in [2.45, 2.75) is 0 Å². The molecule has 1 aliphatic heterocycles. The molecule has 1 aliphatic rings. The maximum atomic E-state index is 12.4. The van der Waals surface area contributed by atoms with E-state index in [0.717, 1.165) is 0 Å². The fourth-order valence-electron chi connectivity index (χ4n) is 2.28. The minimum atomic E-state index is -1.02. The van der Waals surface area contributed by atoms with Gasteiger partial charge in [0.25, 0.3) is 11.6 Å². The maximum Gasteiger partial charge on any atom is 0.335 e. The number of aromatic carboxylic acids is 1. The van der Waals surface area contributed by atoms with Crippen molar-refractivity contribution in [1.29, 1.82) is 0 Å². The minimum Gasteiger partial charge on any atom is -0.478 e. The number of likely N-dealkylation sites (N-methyl/N-ethyl adjacent to an activating group) is 1. The van der Waals surface area contributed by atoms with Crippen LogP contribution in [0.1, 0.15) is 15.9 Å². The Morgan fingerprint density at radius 3 is 2.37 bits per heavy atom. The third-order valence-electron chi connectivity index (χ3n) is 3.74. The van der Waals surface area contributed by atoms with Crippen molar-refractivity contribution in [3.05, 3.63) is 74.7 Å². The maximum absolute atomic E-state index is 12.4. The summed E-state index contributed by atoms with van der Waals surface area (Å²) >= 11 is 1.17. The molecule has 2 aromatic carbocycles. The van der Waals surface area contributed by atoms with Gasteiger partial charge in [0.15, 0.2) is 5.17 Å². The van der Waals surface area contributed by atoms with E-state index in [0.29, 0.717) is 21.3 Å². The molecule has 0 aromatic heterocycles. The van der Waals surface area contributed by atoms with E-state index in [1.165, 1.54) is 40.9 Å². The number of benzene rings is 2. The van der Waals surface area contributed by atoms with Crippen molar-refractivity contribution in [3.8, 4) is 0 Å². The Morgan fingerprint density at radius 2 is 1.81 bits per heavy atom. The summed E-state index contributed by atoms with van der Waals surface area (Å²) in [6.07, 6.45) is 1.64. The number of aliphatic imine (C=N–C) groups is 1. The highest BCUT2D eigenvalue weighted by molar-refractivity contribution is 8.18. The van der Waals surface area contributed by atoms with Gasteiger partial charge in [0.1, 0.15) is 0 Å². The Labute approximate surface area is 158 Å². The summed E-state index contributed by atoms with van der Waals surface area (Å²) in [7, 11) is 1.59. The van der Waals surface area contributed by atoms with Crippen molar-refractivity contribution in [2.75, 3.05) is 7.05 Å². The molecule has 0 radical (unpaired) electrons. The van der Waals surface area contributed by atoms with Gasteiger partial charge in [0, 0.05) is 19.2 Å². The molecule has 0 atom stereocenters. The third kappa shape index (κ3) is 4.04. The molecular formula is C18H13N3O5S. The van der Waals surface area contributed by atoms with Crippen LogP contribution in [0.15, 0.2) is 58.4 Å². The second-order valence-corrected chi connectivity index (χ2v) is 6.58. The molecule has 1 fully saturated rings. The van der Waals surface area contributed by atoms with E-state index in [-0.39, 0.29) is 17.2 Å². The molecule has 9 heteroatoms. The second-order valence-electron chi connectivity index (χ2n) is 5.57. The molecule has 0 saturated carbocycles. The van der Waals surface area contributed by atoms with Gasteiger partial charge in [-0.2, -0.15) is 0 Å². The lowest BCUT2D eigenvalue weighted by Crippen LogP contribution is -2.23. The molecule has 0 unspecified atom stereocenters. The molecular weight excluding hydrogens is 370 g/mol. The topological polar surface area (TPSA) is 113 Å². The molecule has 1 amide bonds. The number of amidine groups is 1. The molecule has 0 bridgehead atoms. The molecule has 136 valence electrons. The Hall–Kier alpha value is -3.46. The molecule has 8 nitrogen and oxygen atoms in total. The predicted octanol–water partition coefficient (Wildman–Crippen LogP) is 3.53. The first-order chi connectivity index (χ1) is 12.8. The van der Waals surface area contributed by atoms with Crippen molar-refractivity contribution >= 4 is 46.3 Å². The molecule has 27 heavy (non-hydrogen) atoms. The summed E-state index contributed by atoms with van der Waals surface area (Å²) in [6, 6.07) is 11.9. The SMILES string of the molecule is CN1C(=O)/C(=C/c2ccc([N+](=O)[O-])cc2)SC1=Nc1ccc(C(=O)O)cc1. The Morgan fingerprint density at radius 1 is 1.19 bits per heavy atom. The first-order valence-electron chi connectivity index (χ1n) is 7.69. The normalized spacial score (nSPS) is 16.9. The molecule has 3 rings (SSSR count). The summed E-state index contributed by atoms with van der Waals surface area (Å²) < 4.78 is 0. The highest BCUT2D eigenvalue weighted by atomic mass is 32.2. The van der Waals surface area contributed by atoms with Gasteiger partial charge in [-0.3, -0.25) is 19.8 Å². The number of nitro benzene ring substituents is 1. The summed E-state index contributed by atoms with van der Waals surface area (Å²) in [5, 5.41) is 20.1. The average Bonchev–Trinajstić information content (AvgIpc) is 2.90. The van der Waals surface area contributed by atoms with Crippen molar-refractivity contribution in [2.24, 2.45) is 4.99 Å². The number of amides is 1. The zero-order valence-electron chi connectivity index (χ0n) is 14.0. The summed E-state index contributed by atoms with van der Waals surface area (Å²) in [4.78, 5) is 39.7. The summed E-state index contributed by atoms with van der Waals surface area (Å²) in [5.74, 6) is -1.26. The van der Waals surface area contributed by atoms with Gasteiger partial charge in [-0.1, -0.05) is 0 Å². The lowest BCUT2D eigenvalue weighted by molar-refractivity contribution is -0.384. The van der Waals surface area contributed by atoms with Gasteiger partial charge >= 0.3 is 5.97 Å². The number of hydrogen-bond donors (Lipinski definition) is 1. The van der Waals surface area contributed by atoms with Crippen LogP contribution >= 0.6 is 11.8 Å². The minimum absolute atomic E-state index is 0.0215. The van der Waals surface area contributed by atoms with Crippen LogP contribution in [0.3, 0.4) is 0 Å². The number of nitro groups is 1. The van der Waals surface area contributed by atoms with Crippen LogP contribution in [0.4, 0.5) is 11.4 Å². The highest BCUT2D eigenvalue weighted by Gasteiger charge is 2.30. The van der Waals surface area contributed by atoms with Gasteiger partial charge in [0.2, 0.25) is 0 Å². The van der Waals surface area contributed by atoms with Gasteiger partial charge in [-0.05, 0) is 59.8 Å². The second kappa shape index (κ2) is 7.42. The quantitative estimate of drug-likeness (QED) is 0.491. The van der Waals surface area contributed by atoms with Crippen LogP contribution in [0.5, 0.6) is 0 Å². The number of hydrogen-bond acceptors (Lipinski definition) is 6. The summed E-state index contributed by atoms with van der Waals surface area (Å²) in [6.45, 7) is 0. The number of thioether (sulfide) groups is 1. The van der Waals surface area contributed by atoms with Crippen LogP contribution in [0.25, 0.3) is 6.08 Å². The Kier molecular flexibility index (Phi) is 5.04. The zero-order chi connectivity index (χ0) is 19.6. The van der Waals surface area contributed by atoms with E-state index in [2.05, 4.69) is 4.99 Å². The number of nitrogens with zero attached hydrogens (tertiary/aromatic N) is 3. The van der Waals surface area contributed by atoms with Crippen LogP contribution in [-0.2, 0) is 4.79 Å². The van der Waals surface area contributed by atoms with Crippen molar-refractivity contribution in [3.63, 3.8) is 0 Å². The average molecular weight is 383 g/mol. The number of carbonyl (C=O) groups is 2. The van der Waals surface area contributed by atoms with E-state index >= 15 is 0 Å². The van der Waals surface area contributed by atoms with E-state index < -0.39 is 10.9 Å². The molecule has 0 spiro atoms. The number of carboxylic acid groups (broad SMARTS) is 1. The smallest absolute Gasteiger partial charge is 0.335 e. The lowest BCUT2D eigenvalue weighted by atomic mass is 10.2. The van der Waals surface area contributed by atoms with Crippen LogP contribution in [0, 0.1) is 10.1 Å². The highest BCUT2D eigenvalue weighted by Crippen LogP contribution is 2.33. The van der Waals surface area contributed by atoms with Gasteiger partial charge in [-0.25, -0.2) is 9.79 Å². The fourth-order valence-corrected chi connectivity index (χ4v) is 3.27. The molecule has 2 aromatic rings. The van der Waals surface area contributed by atoms with Crippen LogP contribution in [-0.4, -0.2) is 39.0 Å². The van der Waals surface area contributed by atoms with Crippen molar-refractivity contribution < 1.29 is 19.6 Å². The zero-order valence-corrected chi connectivity index (χ0v) is 14.8. The first kappa shape index (κ1) is 18.3. The van der Waals surface area contributed by atoms with Gasteiger partial charge in [0.05, 0.1) is 21.1 Å². The van der Waals surface area contributed by atoms with E-state index in [1.807, 2.05) is 0 Å². The van der Waals surface area contributed by atoms with Gasteiger partial charge in [-0.15, -0.1) is 0 Å². The lowest BCUT2D eigenvalue weighted by Gasteiger charge is -2.07. The number of carboxylic acids is 1. The van der Waals surface area contributed by atoms with E-state index in [9.17, 15) is 19.7 Å². The Bertz CT molecular complexity index is 981. The number of rotatable bonds is 4. The standard InChI is InChI=1S/C18H13N3O5S/c1-20-16(22)15(10-11-2-8-14(9-3-11)21(25)26)27-18(20)19-13-6-4-12(5-7-13)17(23)24/h2-10H,1H3,(H,23,24)/b15-10-,19-18?. The van der Waals surface area contributed by atoms with Crippen LogP contribution in [0.2, 0.25) is 0 Å². The Balaban J connectivity index is 1.83. The fraction of sp³-hybridized carbons (Fsp3) is 0.0556. The molecule has 1 N–H and O–H groups in total. The predicted molar refractivity (Wildman–Crippen MR) is 102 cm³/mol.